The van der Waals surface area contributed by atoms with Gasteiger partial charge < -0.3 is 25.0 Å². The first-order valence-electron chi connectivity index (χ1n) is 13.7. The molecule has 5 rings (SSSR count). The Hall–Kier alpha value is -4.27. The number of nitrogens with zero attached hydrogens (tertiary/aromatic N) is 2. The van der Waals surface area contributed by atoms with Crippen LogP contribution in [-0.4, -0.2) is 48.8 Å². The molecule has 1 aliphatic rings. The summed E-state index contributed by atoms with van der Waals surface area (Å²) in [6.07, 6.45) is 1.83. The molecule has 0 aliphatic carbocycles. The fourth-order valence-corrected chi connectivity index (χ4v) is 5.14. The number of nitrogens with two attached hydrogens (primary N) is 1. The highest BCUT2D eigenvalue weighted by atomic mass is 35.5. The van der Waals surface area contributed by atoms with Gasteiger partial charge in [0.05, 0.1) is 19.5 Å². The number of likely N-dealkylation sites (tertiary alicyclic amines) is 1. The van der Waals surface area contributed by atoms with E-state index in [0.29, 0.717) is 29.3 Å². The number of amides is 1. The van der Waals surface area contributed by atoms with Crippen molar-refractivity contribution in [2.24, 2.45) is 5.73 Å². The zero-order valence-electron chi connectivity index (χ0n) is 24.2. The smallest absolute Gasteiger partial charge is 0.258 e. The third-order valence-corrected chi connectivity index (χ3v) is 7.49. The largest absolute Gasteiger partial charge is 0.497 e. The number of ether oxygens (including phenoxy) is 2. The molecule has 4 N–H and O–H groups in total. The van der Waals surface area contributed by atoms with Gasteiger partial charge in [0, 0.05) is 42.7 Å². The minimum absolute atomic E-state index is 0. The zero-order chi connectivity index (χ0) is 28.9. The molecule has 0 spiro atoms. The average Bonchev–Trinajstić information content (AvgIpc) is 3.00. The van der Waals surface area contributed by atoms with E-state index in [-0.39, 0.29) is 42.7 Å². The lowest BCUT2D eigenvalue weighted by Gasteiger charge is -2.33. The highest BCUT2D eigenvalue weighted by Gasteiger charge is 2.22. The Bertz CT molecular complexity index is 1590. The predicted molar refractivity (Wildman–Crippen MR) is 178 cm³/mol. The predicted octanol–water partition coefficient (Wildman–Crippen LogP) is 6.66. The average molecular weight is 623 g/mol. The summed E-state index contributed by atoms with van der Waals surface area (Å²) >= 11 is 0. The van der Waals surface area contributed by atoms with E-state index in [1.54, 1.807) is 24.1 Å². The Morgan fingerprint density at radius 1 is 0.884 bits per heavy atom. The van der Waals surface area contributed by atoms with Gasteiger partial charge in [-0.1, -0.05) is 30.3 Å². The van der Waals surface area contributed by atoms with Gasteiger partial charge in [0.15, 0.2) is 0 Å². The van der Waals surface area contributed by atoms with Crippen LogP contribution in [0.3, 0.4) is 0 Å². The first-order chi connectivity index (χ1) is 19.8. The molecule has 1 saturated heterocycles. The molecular formula is C33H37Cl2N5O3. The quantitative estimate of drug-likeness (QED) is 0.150. The lowest BCUT2D eigenvalue weighted by atomic mass is 10.0. The van der Waals surface area contributed by atoms with Crippen molar-refractivity contribution in [1.29, 1.82) is 10.8 Å². The summed E-state index contributed by atoms with van der Waals surface area (Å²) in [6.45, 7) is 3.80. The second kappa shape index (κ2) is 14.8. The highest BCUT2D eigenvalue weighted by Crippen LogP contribution is 2.27. The van der Waals surface area contributed by atoms with Crippen LogP contribution < -0.4 is 20.1 Å². The molecule has 0 radical (unpaired) electrons. The number of fused-ring (bicyclic) bond motifs is 1. The van der Waals surface area contributed by atoms with Crippen LogP contribution in [0.2, 0.25) is 0 Å². The standard InChI is InChI=1S/C33H35N5O3.2ClH/c1-22(34)37-16-14-30(15-17-37)41-29-12-10-28(11-13-29)38(33(39)26-4-3-5-31(20-26)40-2)21-23-6-7-24-8-9-25(32(35)36)19-27(24)18-23;;/h3-13,18-20,30,34H,14-17,21H2,1-2H3,(H3,35,36);2*1H. The first kappa shape index (κ1) is 33.2. The number of halogens is 2. The molecule has 1 fully saturated rings. The number of carbonyl (C=O) groups is 1. The van der Waals surface area contributed by atoms with Crippen LogP contribution in [0.15, 0.2) is 84.9 Å². The monoisotopic (exact) mass is 621 g/mol. The molecule has 0 aromatic heterocycles. The van der Waals surface area contributed by atoms with Crippen molar-refractivity contribution in [2.75, 3.05) is 25.1 Å². The number of carbonyl (C=O) groups excluding carboxylic acids is 1. The topological polar surface area (TPSA) is 116 Å². The fraction of sp³-hybridized carbons (Fsp3) is 0.242. The van der Waals surface area contributed by atoms with Crippen molar-refractivity contribution >= 4 is 58.9 Å². The van der Waals surface area contributed by atoms with Crippen molar-refractivity contribution < 1.29 is 14.3 Å². The number of rotatable bonds is 8. The van der Waals surface area contributed by atoms with Crippen molar-refractivity contribution in [1.82, 2.24) is 4.90 Å². The first-order valence-corrected chi connectivity index (χ1v) is 13.7. The van der Waals surface area contributed by atoms with E-state index in [1.165, 1.54) is 0 Å². The van der Waals surface area contributed by atoms with Crippen LogP contribution in [0.1, 0.15) is 41.3 Å². The van der Waals surface area contributed by atoms with E-state index < -0.39 is 0 Å². The SMILES string of the molecule is COc1cccc(C(=O)N(Cc2ccc3ccc(C(=N)N)cc3c2)c2ccc(OC3CCN(C(C)=N)CC3)cc2)c1.Cl.Cl. The van der Waals surface area contributed by atoms with Crippen LogP contribution in [0.4, 0.5) is 5.69 Å². The summed E-state index contributed by atoms with van der Waals surface area (Å²) in [5.41, 5.74) is 8.60. The Morgan fingerprint density at radius 2 is 1.58 bits per heavy atom. The van der Waals surface area contributed by atoms with Crippen LogP contribution in [0.25, 0.3) is 10.8 Å². The Balaban J connectivity index is 0.00000253. The van der Waals surface area contributed by atoms with E-state index in [0.717, 1.165) is 53.7 Å². The van der Waals surface area contributed by atoms with E-state index in [9.17, 15) is 4.79 Å². The highest BCUT2D eigenvalue weighted by molar-refractivity contribution is 6.06. The second-order valence-corrected chi connectivity index (χ2v) is 10.3. The van der Waals surface area contributed by atoms with Gasteiger partial charge in [-0.25, -0.2) is 0 Å². The molecule has 1 heterocycles. The van der Waals surface area contributed by atoms with Crippen LogP contribution in [-0.2, 0) is 6.54 Å². The van der Waals surface area contributed by atoms with E-state index in [1.807, 2.05) is 79.7 Å². The summed E-state index contributed by atoms with van der Waals surface area (Å²) in [5.74, 6) is 1.84. The molecule has 226 valence electrons. The molecule has 0 saturated carbocycles. The number of anilines is 1. The van der Waals surface area contributed by atoms with Gasteiger partial charge >= 0.3 is 0 Å². The number of benzene rings is 4. The summed E-state index contributed by atoms with van der Waals surface area (Å²) < 4.78 is 11.6. The van der Waals surface area contributed by atoms with Gasteiger partial charge in [0.2, 0.25) is 0 Å². The molecule has 0 unspecified atom stereocenters. The van der Waals surface area contributed by atoms with Gasteiger partial charge in [-0.05, 0) is 77.9 Å². The van der Waals surface area contributed by atoms with E-state index in [2.05, 4.69) is 4.90 Å². The Kier molecular flexibility index (Phi) is 11.4. The van der Waals surface area contributed by atoms with Crippen LogP contribution in [0.5, 0.6) is 11.5 Å². The minimum atomic E-state index is -0.149. The number of nitrogen functional groups attached to an aromatic ring is 1. The molecule has 10 heteroatoms. The Morgan fingerprint density at radius 3 is 2.23 bits per heavy atom. The summed E-state index contributed by atoms with van der Waals surface area (Å²) in [7, 11) is 1.58. The minimum Gasteiger partial charge on any atom is -0.497 e. The molecule has 8 nitrogen and oxygen atoms in total. The van der Waals surface area contributed by atoms with Gasteiger partial charge in [-0.3, -0.25) is 15.6 Å². The molecule has 1 aliphatic heterocycles. The number of nitrogens with one attached hydrogen (secondary N) is 2. The maximum absolute atomic E-state index is 13.9. The van der Waals surface area contributed by atoms with E-state index in [4.69, 9.17) is 26.0 Å². The number of amidine groups is 2. The molecule has 1 amide bonds. The molecule has 4 aromatic carbocycles. The molecular weight excluding hydrogens is 585 g/mol. The van der Waals surface area contributed by atoms with Gasteiger partial charge in [0.25, 0.3) is 5.91 Å². The molecule has 0 bridgehead atoms. The number of piperidine rings is 1. The molecule has 4 aromatic rings. The summed E-state index contributed by atoms with van der Waals surface area (Å²) in [4.78, 5) is 17.7. The maximum Gasteiger partial charge on any atom is 0.258 e. The zero-order valence-corrected chi connectivity index (χ0v) is 25.8. The summed E-state index contributed by atoms with van der Waals surface area (Å²) in [5, 5.41) is 17.6. The van der Waals surface area contributed by atoms with Crippen molar-refractivity contribution in [2.45, 2.75) is 32.4 Å². The number of methoxy groups -OCH3 is 1. The van der Waals surface area contributed by atoms with Crippen molar-refractivity contribution in [3.63, 3.8) is 0 Å². The number of hydrogen-bond donors (Lipinski definition) is 3. The van der Waals surface area contributed by atoms with Gasteiger partial charge in [0.1, 0.15) is 23.4 Å². The Labute approximate surface area is 264 Å². The molecule has 43 heavy (non-hydrogen) atoms. The van der Waals surface area contributed by atoms with Crippen LogP contribution in [0, 0.1) is 10.8 Å². The lowest BCUT2D eigenvalue weighted by Crippen LogP contribution is -2.40. The normalized spacial score (nSPS) is 12.9. The van der Waals surface area contributed by atoms with Crippen LogP contribution >= 0.6 is 24.8 Å². The lowest BCUT2D eigenvalue weighted by molar-refractivity contribution is 0.0984. The van der Waals surface area contributed by atoms with Crippen molar-refractivity contribution in [3.05, 3.63) is 102 Å². The fourth-order valence-electron chi connectivity index (χ4n) is 5.14. The van der Waals surface area contributed by atoms with Gasteiger partial charge in [-0.2, -0.15) is 0 Å². The van der Waals surface area contributed by atoms with Gasteiger partial charge in [-0.15, -0.1) is 24.8 Å². The molecule has 0 atom stereocenters. The van der Waals surface area contributed by atoms with Crippen molar-refractivity contribution in [3.8, 4) is 11.5 Å². The maximum atomic E-state index is 13.9. The van der Waals surface area contributed by atoms with E-state index >= 15 is 0 Å². The third kappa shape index (κ3) is 7.97. The third-order valence-electron chi connectivity index (χ3n) is 7.49. The second-order valence-electron chi connectivity index (χ2n) is 10.3. The number of hydrogen-bond acceptors (Lipinski definition) is 5. The summed E-state index contributed by atoms with van der Waals surface area (Å²) in [6, 6.07) is 26.6.